The molecule has 0 unspecified atom stereocenters. The highest BCUT2D eigenvalue weighted by Gasteiger charge is 2.47. The predicted molar refractivity (Wildman–Crippen MR) is 60.4 cm³/mol. The molecule has 94 valence electrons. The summed E-state index contributed by atoms with van der Waals surface area (Å²) in [6.45, 7) is 1.32. The molecule has 1 rings (SSSR count). The molecule has 0 amide bonds. The summed E-state index contributed by atoms with van der Waals surface area (Å²) in [5.41, 5.74) is 5.41. The van der Waals surface area contributed by atoms with E-state index < -0.39 is 17.9 Å². The van der Waals surface area contributed by atoms with Gasteiger partial charge in [-0.3, -0.25) is 4.98 Å². The molecule has 0 radical (unpaired) electrons. The first-order valence-corrected chi connectivity index (χ1v) is 5.60. The average molecular weight is 309 g/mol. The monoisotopic (exact) mass is 308 g/mol. The highest BCUT2D eigenvalue weighted by Crippen LogP contribution is 2.31. The molecule has 1 aromatic rings. The van der Waals surface area contributed by atoms with E-state index in [4.69, 9.17) is 5.73 Å². The highest BCUT2D eigenvalue weighted by atomic mass is 79.9. The SMILES string of the molecule is CCOC(=O)C(F)(F)[C@H](N)c1cncc(Br)c1. The van der Waals surface area contributed by atoms with Crippen molar-refractivity contribution < 1.29 is 18.3 Å². The van der Waals surface area contributed by atoms with Crippen LogP contribution >= 0.6 is 15.9 Å². The summed E-state index contributed by atoms with van der Waals surface area (Å²) in [5, 5.41) is 0. The van der Waals surface area contributed by atoms with Gasteiger partial charge >= 0.3 is 11.9 Å². The van der Waals surface area contributed by atoms with E-state index in [2.05, 4.69) is 25.7 Å². The number of hydrogen-bond acceptors (Lipinski definition) is 4. The van der Waals surface area contributed by atoms with Crippen LogP contribution in [0.25, 0.3) is 0 Å². The van der Waals surface area contributed by atoms with Crippen LogP contribution in [-0.2, 0) is 9.53 Å². The maximum absolute atomic E-state index is 13.6. The molecule has 1 heterocycles. The van der Waals surface area contributed by atoms with Crippen LogP contribution in [-0.4, -0.2) is 23.5 Å². The molecule has 0 saturated carbocycles. The van der Waals surface area contributed by atoms with E-state index in [1.54, 1.807) is 0 Å². The van der Waals surface area contributed by atoms with Crippen molar-refractivity contribution >= 4 is 21.9 Å². The fourth-order valence-corrected chi connectivity index (χ4v) is 1.54. The summed E-state index contributed by atoms with van der Waals surface area (Å²) in [6.07, 6.45) is 2.61. The quantitative estimate of drug-likeness (QED) is 0.865. The van der Waals surface area contributed by atoms with Gasteiger partial charge in [0.25, 0.3) is 0 Å². The second kappa shape index (κ2) is 5.50. The Morgan fingerprint density at radius 2 is 2.29 bits per heavy atom. The van der Waals surface area contributed by atoms with Gasteiger partial charge in [-0.25, -0.2) is 4.79 Å². The van der Waals surface area contributed by atoms with E-state index >= 15 is 0 Å². The van der Waals surface area contributed by atoms with Gasteiger partial charge in [0.2, 0.25) is 0 Å². The summed E-state index contributed by atoms with van der Waals surface area (Å²) in [6, 6.07) is -0.406. The van der Waals surface area contributed by atoms with Gasteiger partial charge in [0.1, 0.15) is 6.04 Å². The van der Waals surface area contributed by atoms with Crippen molar-refractivity contribution in [3.63, 3.8) is 0 Å². The maximum Gasteiger partial charge on any atom is 0.379 e. The Morgan fingerprint density at radius 3 is 2.82 bits per heavy atom. The standard InChI is InChI=1S/C10H11BrF2N2O2/c1-2-17-9(16)10(12,13)8(14)6-3-7(11)5-15-4-6/h3-5,8H,2,14H2,1H3/t8-/m1/s1. The number of pyridine rings is 1. The highest BCUT2D eigenvalue weighted by molar-refractivity contribution is 9.10. The maximum atomic E-state index is 13.6. The number of nitrogens with two attached hydrogens (primary N) is 1. The van der Waals surface area contributed by atoms with Gasteiger partial charge in [-0.2, -0.15) is 8.78 Å². The Kier molecular flexibility index (Phi) is 4.53. The molecule has 0 bridgehead atoms. The summed E-state index contributed by atoms with van der Waals surface area (Å²) >= 11 is 3.09. The largest absolute Gasteiger partial charge is 0.462 e. The Balaban J connectivity index is 2.95. The number of halogens is 3. The van der Waals surface area contributed by atoms with Gasteiger partial charge in [0.15, 0.2) is 0 Å². The van der Waals surface area contributed by atoms with Crippen molar-refractivity contribution in [1.82, 2.24) is 4.98 Å². The van der Waals surface area contributed by atoms with E-state index in [1.165, 1.54) is 25.4 Å². The molecule has 0 aromatic carbocycles. The fourth-order valence-electron chi connectivity index (χ4n) is 1.16. The van der Waals surface area contributed by atoms with Crippen LogP contribution in [0.2, 0.25) is 0 Å². The zero-order valence-corrected chi connectivity index (χ0v) is 10.6. The summed E-state index contributed by atoms with van der Waals surface area (Å²) in [7, 11) is 0. The number of rotatable bonds is 4. The molecule has 4 nitrogen and oxygen atoms in total. The number of ether oxygens (including phenoxy) is 1. The number of esters is 1. The van der Waals surface area contributed by atoms with Crippen LogP contribution in [0.15, 0.2) is 22.9 Å². The van der Waals surface area contributed by atoms with Crippen LogP contribution in [0.5, 0.6) is 0 Å². The molecule has 0 spiro atoms. The zero-order valence-electron chi connectivity index (χ0n) is 8.99. The first kappa shape index (κ1) is 14.0. The Hall–Kier alpha value is -1.08. The molecular formula is C10H11BrF2N2O2. The molecule has 7 heteroatoms. The van der Waals surface area contributed by atoms with Gasteiger partial charge in [0.05, 0.1) is 6.61 Å². The third kappa shape index (κ3) is 3.19. The van der Waals surface area contributed by atoms with Gasteiger partial charge in [-0.1, -0.05) is 0 Å². The molecule has 0 aliphatic carbocycles. The molecule has 0 aliphatic heterocycles. The second-order valence-electron chi connectivity index (χ2n) is 3.26. The minimum Gasteiger partial charge on any atom is -0.462 e. The van der Waals surface area contributed by atoms with Gasteiger partial charge < -0.3 is 10.5 Å². The summed E-state index contributed by atoms with van der Waals surface area (Å²) in [5.74, 6) is -5.41. The number of nitrogens with zero attached hydrogens (tertiary/aromatic N) is 1. The van der Waals surface area contributed by atoms with E-state index in [0.717, 1.165) is 0 Å². The van der Waals surface area contributed by atoms with Crippen molar-refractivity contribution in [2.24, 2.45) is 5.73 Å². The molecule has 0 aliphatic rings. The third-order valence-electron chi connectivity index (χ3n) is 2.02. The molecule has 2 N–H and O–H groups in total. The molecule has 17 heavy (non-hydrogen) atoms. The predicted octanol–water partition coefficient (Wildman–Crippen LogP) is 2.04. The number of carbonyl (C=O) groups excluding carboxylic acids is 1. The molecule has 0 saturated heterocycles. The number of hydrogen-bond donors (Lipinski definition) is 1. The first-order valence-electron chi connectivity index (χ1n) is 4.80. The van der Waals surface area contributed by atoms with Crippen molar-refractivity contribution in [2.45, 2.75) is 18.9 Å². The first-order chi connectivity index (χ1) is 7.89. The summed E-state index contributed by atoms with van der Waals surface area (Å²) < 4.78 is 31.9. The van der Waals surface area contributed by atoms with Crippen LogP contribution in [0.4, 0.5) is 8.78 Å². The average Bonchev–Trinajstić information content (AvgIpc) is 2.28. The topological polar surface area (TPSA) is 65.2 Å². The Bertz CT molecular complexity index is 415. The second-order valence-corrected chi connectivity index (χ2v) is 4.17. The fraction of sp³-hybridized carbons (Fsp3) is 0.400. The lowest BCUT2D eigenvalue weighted by atomic mass is 10.0. The van der Waals surface area contributed by atoms with Crippen molar-refractivity contribution in [3.8, 4) is 0 Å². The van der Waals surface area contributed by atoms with Crippen LogP contribution in [0, 0.1) is 0 Å². The number of alkyl halides is 2. The Morgan fingerprint density at radius 1 is 1.65 bits per heavy atom. The van der Waals surface area contributed by atoms with Gasteiger partial charge in [-0.15, -0.1) is 0 Å². The van der Waals surface area contributed by atoms with Crippen LogP contribution < -0.4 is 5.73 Å². The Labute approximate surface area is 105 Å². The van der Waals surface area contributed by atoms with Crippen LogP contribution in [0.1, 0.15) is 18.5 Å². The number of aromatic nitrogens is 1. The normalized spacial score (nSPS) is 13.2. The number of carbonyl (C=O) groups is 1. The van der Waals surface area contributed by atoms with E-state index in [-0.39, 0.29) is 12.2 Å². The van der Waals surface area contributed by atoms with E-state index in [1.807, 2.05) is 0 Å². The molecule has 0 fully saturated rings. The van der Waals surface area contributed by atoms with Crippen molar-refractivity contribution in [2.75, 3.05) is 6.61 Å². The lowest BCUT2D eigenvalue weighted by molar-refractivity contribution is -0.174. The lowest BCUT2D eigenvalue weighted by Gasteiger charge is -2.21. The molecular weight excluding hydrogens is 298 g/mol. The van der Waals surface area contributed by atoms with E-state index in [9.17, 15) is 13.6 Å². The smallest absolute Gasteiger partial charge is 0.379 e. The zero-order chi connectivity index (χ0) is 13.1. The molecule has 1 aromatic heterocycles. The lowest BCUT2D eigenvalue weighted by Crippen LogP contribution is -2.41. The van der Waals surface area contributed by atoms with Crippen LogP contribution in [0.3, 0.4) is 0 Å². The minimum atomic E-state index is -3.78. The van der Waals surface area contributed by atoms with Gasteiger partial charge in [0, 0.05) is 16.9 Å². The minimum absolute atomic E-state index is 0.0532. The van der Waals surface area contributed by atoms with Gasteiger partial charge in [-0.05, 0) is 34.5 Å². The van der Waals surface area contributed by atoms with E-state index in [0.29, 0.717) is 4.47 Å². The third-order valence-corrected chi connectivity index (χ3v) is 2.46. The summed E-state index contributed by atoms with van der Waals surface area (Å²) in [4.78, 5) is 14.8. The van der Waals surface area contributed by atoms with Crippen molar-refractivity contribution in [3.05, 3.63) is 28.5 Å². The van der Waals surface area contributed by atoms with Crippen molar-refractivity contribution in [1.29, 1.82) is 0 Å². The molecule has 1 atom stereocenters.